The van der Waals surface area contributed by atoms with E-state index in [1.54, 1.807) is 6.34 Å². The highest BCUT2D eigenvalue weighted by Gasteiger charge is 2.14. The van der Waals surface area contributed by atoms with Crippen molar-refractivity contribution in [1.82, 2.24) is 10.1 Å². The van der Waals surface area contributed by atoms with Crippen LogP contribution in [-0.4, -0.2) is 30.5 Å². The maximum Gasteiger partial charge on any atom is 0.167 e. The zero-order chi connectivity index (χ0) is 18.0. The summed E-state index contributed by atoms with van der Waals surface area (Å²) in [7, 11) is 3.83. The van der Waals surface area contributed by atoms with Gasteiger partial charge >= 0.3 is 0 Å². The molecule has 25 heavy (non-hydrogen) atoms. The van der Waals surface area contributed by atoms with Crippen LogP contribution in [0.15, 0.2) is 56.5 Å². The first kappa shape index (κ1) is 17.7. The van der Waals surface area contributed by atoms with Crippen LogP contribution in [0, 0.1) is 6.92 Å². The summed E-state index contributed by atoms with van der Waals surface area (Å²) < 4.78 is 6.53. The summed E-state index contributed by atoms with van der Waals surface area (Å²) in [4.78, 5) is 6.24. The standard InChI is InChI=1S/C19H17BrClN3O/c1-12-8-18(22-11-24(2)3)16(21)9-14(12)19-10-17(23-25-19)13-6-4-5-7-15(13)20/h4-11H,1-3H3. The Hall–Kier alpha value is -2.11. The molecule has 0 saturated heterocycles. The lowest BCUT2D eigenvalue weighted by Gasteiger charge is -2.07. The fraction of sp³-hybridized carbons (Fsp3) is 0.158. The highest BCUT2D eigenvalue weighted by molar-refractivity contribution is 9.10. The highest BCUT2D eigenvalue weighted by atomic mass is 79.9. The fourth-order valence-electron chi connectivity index (χ4n) is 2.41. The van der Waals surface area contributed by atoms with Gasteiger partial charge in [0.2, 0.25) is 0 Å². The second-order valence-corrected chi connectivity index (χ2v) is 7.14. The Morgan fingerprint density at radius 2 is 1.92 bits per heavy atom. The van der Waals surface area contributed by atoms with Gasteiger partial charge in [0, 0.05) is 35.8 Å². The van der Waals surface area contributed by atoms with Gasteiger partial charge in [-0.15, -0.1) is 0 Å². The average molecular weight is 419 g/mol. The van der Waals surface area contributed by atoms with Gasteiger partial charge in [0.15, 0.2) is 5.76 Å². The lowest BCUT2D eigenvalue weighted by atomic mass is 10.0. The highest BCUT2D eigenvalue weighted by Crippen LogP contribution is 2.36. The number of hydrogen-bond donors (Lipinski definition) is 0. The molecule has 3 rings (SSSR count). The van der Waals surface area contributed by atoms with Crippen molar-refractivity contribution in [2.45, 2.75) is 6.92 Å². The summed E-state index contributed by atoms with van der Waals surface area (Å²) in [5.41, 5.74) is 4.40. The van der Waals surface area contributed by atoms with Gasteiger partial charge in [-0.2, -0.15) is 0 Å². The number of aromatic nitrogens is 1. The summed E-state index contributed by atoms with van der Waals surface area (Å²) >= 11 is 9.92. The molecule has 128 valence electrons. The first-order valence-electron chi connectivity index (χ1n) is 7.68. The quantitative estimate of drug-likeness (QED) is 0.388. The molecule has 0 aliphatic rings. The van der Waals surface area contributed by atoms with E-state index in [9.17, 15) is 0 Å². The van der Waals surface area contributed by atoms with Crippen LogP contribution in [0.2, 0.25) is 5.02 Å². The molecule has 0 fully saturated rings. The number of benzene rings is 2. The molecule has 0 amide bonds. The molecule has 2 aromatic carbocycles. The Morgan fingerprint density at radius 3 is 2.64 bits per heavy atom. The zero-order valence-corrected chi connectivity index (χ0v) is 16.5. The SMILES string of the molecule is Cc1cc(N=CN(C)C)c(Cl)cc1-c1cc(-c2ccccc2Br)no1. The lowest BCUT2D eigenvalue weighted by molar-refractivity contribution is 0.434. The first-order chi connectivity index (χ1) is 12.0. The second-order valence-electron chi connectivity index (χ2n) is 5.88. The van der Waals surface area contributed by atoms with Crippen LogP contribution in [-0.2, 0) is 0 Å². The van der Waals surface area contributed by atoms with E-state index in [1.807, 2.05) is 68.4 Å². The molecule has 0 N–H and O–H groups in total. The number of hydrogen-bond acceptors (Lipinski definition) is 3. The van der Waals surface area contributed by atoms with Crippen molar-refractivity contribution in [2.24, 2.45) is 4.99 Å². The molecular formula is C19H17BrClN3O. The molecule has 6 heteroatoms. The predicted octanol–water partition coefficient (Wildman–Crippen LogP) is 5.95. The first-order valence-corrected chi connectivity index (χ1v) is 8.85. The smallest absolute Gasteiger partial charge is 0.167 e. The molecule has 1 aromatic heterocycles. The van der Waals surface area contributed by atoms with Gasteiger partial charge in [0.25, 0.3) is 0 Å². The van der Waals surface area contributed by atoms with Crippen molar-refractivity contribution in [3.05, 3.63) is 57.5 Å². The molecule has 1 heterocycles. The van der Waals surface area contributed by atoms with Gasteiger partial charge in [-0.1, -0.05) is 50.9 Å². The molecule has 0 aliphatic heterocycles. The molecule has 0 atom stereocenters. The van der Waals surface area contributed by atoms with Crippen molar-refractivity contribution in [3.8, 4) is 22.6 Å². The van der Waals surface area contributed by atoms with Crippen LogP contribution >= 0.6 is 27.5 Å². The second kappa shape index (κ2) is 7.42. The summed E-state index contributed by atoms with van der Waals surface area (Å²) in [5.74, 6) is 0.674. The van der Waals surface area contributed by atoms with Gasteiger partial charge in [-0.05, 0) is 30.7 Å². The number of halogens is 2. The largest absolute Gasteiger partial charge is 0.369 e. The normalized spacial score (nSPS) is 11.2. The molecular weight excluding hydrogens is 402 g/mol. The number of aryl methyl sites for hydroxylation is 1. The van der Waals surface area contributed by atoms with E-state index < -0.39 is 0 Å². The van der Waals surface area contributed by atoms with Gasteiger partial charge in [0.1, 0.15) is 5.69 Å². The van der Waals surface area contributed by atoms with Gasteiger partial charge in [0.05, 0.1) is 17.0 Å². The van der Waals surface area contributed by atoms with Crippen LogP contribution < -0.4 is 0 Å². The number of rotatable bonds is 4. The van der Waals surface area contributed by atoms with Crippen LogP contribution in [0.5, 0.6) is 0 Å². The predicted molar refractivity (Wildman–Crippen MR) is 107 cm³/mol. The molecule has 0 spiro atoms. The summed E-state index contributed by atoms with van der Waals surface area (Å²) in [6.45, 7) is 2.00. The Kier molecular flexibility index (Phi) is 5.25. The Balaban J connectivity index is 1.98. The minimum Gasteiger partial charge on any atom is -0.369 e. The van der Waals surface area contributed by atoms with Crippen molar-refractivity contribution in [3.63, 3.8) is 0 Å². The van der Waals surface area contributed by atoms with Gasteiger partial charge in [-0.3, -0.25) is 0 Å². The summed E-state index contributed by atoms with van der Waals surface area (Å²) in [6, 6.07) is 13.6. The third kappa shape index (κ3) is 3.94. The van der Waals surface area contributed by atoms with E-state index in [0.717, 1.165) is 32.5 Å². The minimum absolute atomic E-state index is 0.567. The van der Waals surface area contributed by atoms with E-state index in [4.69, 9.17) is 16.1 Å². The van der Waals surface area contributed by atoms with E-state index in [0.29, 0.717) is 10.8 Å². The van der Waals surface area contributed by atoms with Crippen molar-refractivity contribution in [1.29, 1.82) is 0 Å². The maximum atomic E-state index is 6.38. The van der Waals surface area contributed by atoms with Crippen LogP contribution in [0.25, 0.3) is 22.6 Å². The number of nitrogens with zero attached hydrogens (tertiary/aromatic N) is 3. The molecule has 0 radical (unpaired) electrons. The molecule has 0 bridgehead atoms. The summed E-state index contributed by atoms with van der Waals surface area (Å²) in [5, 5.41) is 4.76. The molecule has 0 saturated carbocycles. The zero-order valence-electron chi connectivity index (χ0n) is 14.1. The summed E-state index contributed by atoms with van der Waals surface area (Å²) in [6.07, 6.45) is 1.72. The third-order valence-corrected chi connectivity index (χ3v) is 4.64. The third-order valence-electron chi connectivity index (χ3n) is 3.65. The lowest BCUT2D eigenvalue weighted by Crippen LogP contribution is -2.07. The van der Waals surface area contributed by atoms with E-state index in [-0.39, 0.29) is 0 Å². The van der Waals surface area contributed by atoms with Gasteiger partial charge in [-0.25, -0.2) is 4.99 Å². The Bertz CT molecular complexity index is 934. The Morgan fingerprint density at radius 1 is 1.16 bits per heavy atom. The maximum absolute atomic E-state index is 6.38. The molecule has 4 nitrogen and oxygen atoms in total. The van der Waals surface area contributed by atoms with Crippen molar-refractivity contribution in [2.75, 3.05) is 14.1 Å². The number of aliphatic imine (C=N–C) groups is 1. The van der Waals surface area contributed by atoms with E-state index in [2.05, 4.69) is 26.1 Å². The van der Waals surface area contributed by atoms with Crippen LogP contribution in [0.3, 0.4) is 0 Å². The van der Waals surface area contributed by atoms with Crippen molar-refractivity contribution >= 4 is 39.6 Å². The van der Waals surface area contributed by atoms with Crippen LogP contribution in [0.1, 0.15) is 5.56 Å². The topological polar surface area (TPSA) is 41.6 Å². The average Bonchev–Trinajstić information content (AvgIpc) is 3.05. The monoisotopic (exact) mass is 417 g/mol. The van der Waals surface area contributed by atoms with Crippen LogP contribution in [0.4, 0.5) is 5.69 Å². The minimum atomic E-state index is 0.567. The Labute approximate surface area is 160 Å². The molecule has 0 unspecified atom stereocenters. The molecule has 3 aromatic rings. The van der Waals surface area contributed by atoms with Crippen molar-refractivity contribution < 1.29 is 4.52 Å². The molecule has 0 aliphatic carbocycles. The van der Waals surface area contributed by atoms with E-state index >= 15 is 0 Å². The van der Waals surface area contributed by atoms with Gasteiger partial charge < -0.3 is 9.42 Å². The fourth-order valence-corrected chi connectivity index (χ4v) is 3.11. The van der Waals surface area contributed by atoms with E-state index in [1.165, 1.54) is 0 Å².